The minimum absolute atomic E-state index is 0.0250. The van der Waals surface area contributed by atoms with Crippen LogP contribution in [-0.4, -0.2) is 156 Å². The van der Waals surface area contributed by atoms with Gasteiger partial charge in [-0.05, 0) is 5.53 Å². The molecule has 0 radical (unpaired) electrons. The van der Waals surface area contributed by atoms with Gasteiger partial charge in [0.05, 0.1) is 46.2 Å². The first kappa shape index (κ1) is 38.6. The molecule has 0 bridgehead atoms. The normalized spacial score (nSPS) is 31.0. The maximum Gasteiger partial charge on any atom is 0.257 e. The molecule has 22 heteroatoms. The van der Waals surface area contributed by atoms with Gasteiger partial charge in [0.25, 0.3) is 5.91 Å². The largest absolute Gasteiger partial charge is 0.394 e. The van der Waals surface area contributed by atoms with Crippen molar-refractivity contribution in [1.29, 1.82) is 0 Å². The lowest BCUT2D eigenvalue weighted by atomic mass is 9.97. The molecule has 10 atom stereocenters. The highest BCUT2D eigenvalue weighted by Gasteiger charge is 2.50. The van der Waals surface area contributed by atoms with E-state index in [2.05, 4.69) is 10.0 Å². The van der Waals surface area contributed by atoms with Gasteiger partial charge in [0, 0.05) is 11.5 Å². The third-order valence-electron chi connectivity index (χ3n) is 6.99. The summed E-state index contributed by atoms with van der Waals surface area (Å²) in [5, 5.41) is 74.6. The fraction of sp³-hybridized carbons (Fsp3) is 0.720. The van der Waals surface area contributed by atoms with Crippen molar-refractivity contribution in [2.45, 2.75) is 61.4 Å². The maximum atomic E-state index is 14.0. The quantitative estimate of drug-likeness (QED) is 0.0224. The summed E-state index contributed by atoms with van der Waals surface area (Å²) >= 11 is 0. The molecular formula is C25H34F4N4O14. The molecule has 2 fully saturated rings. The SMILES string of the molecule is [N-]=[N+]=Nc1c(F)c(F)c(C(=O)NCCOCCOCCO[C@@H]2OC(CO)[C@@H](O[C@@H]3OC(CO)[C@@H](O)[C@H](O)C3O)[C@H](O)C2O)c(F)c1F. The zero-order chi connectivity index (χ0) is 34.8. The lowest BCUT2D eigenvalue weighted by Crippen LogP contribution is -2.64. The standard InChI is InChI=1S/C25H34F4N4O14/c26-12-11(13(27)15(29)16(14(12)28)32-33-30)23(41)31-1-2-42-3-4-43-5-6-44-24-21(40)19(38)22(10(8-35)46-24)47-25-20(39)18(37)17(36)9(7-34)45-25/h9-10,17-22,24-25,34-40H,1-8H2,(H,31,41)/t9?,10?,17-,18+,19-,20?,21?,22-,24-,25+/m1/s1. The summed E-state index contributed by atoms with van der Waals surface area (Å²) in [5.41, 5.74) is 5.15. The maximum absolute atomic E-state index is 14.0. The number of hydrogen-bond acceptors (Lipinski definition) is 15. The Kier molecular flexibility index (Phi) is 14.9. The number of azide groups is 1. The number of halogens is 4. The van der Waals surface area contributed by atoms with E-state index in [0.29, 0.717) is 0 Å². The Bertz CT molecular complexity index is 1220. The Morgan fingerprint density at radius 2 is 1.32 bits per heavy atom. The molecule has 3 rings (SSSR count). The van der Waals surface area contributed by atoms with Gasteiger partial charge in [-0.1, -0.05) is 5.11 Å². The number of ether oxygens (including phenoxy) is 6. The van der Waals surface area contributed by atoms with Crippen molar-refractivity contribution < 1.29 is 86.5 Å². The van der Waals surface area contributed by atoms with Gasteiger partial charge in [-0.3, -0.25) is 4.79 Å². The lowest BCUT2D eigenvalue weighted by Gasteiger charge is -2.45. The Hall–Kier alpha value is -2.80. The van der Waals surface area contributed by atoms with Crippen molar-refractivity contribution in [3.63, 3.8) is 0 Å². The number of aliphatic hydroxyl groups is 7. The van der Waals surface area contributed by atoms with E-state index < -0.39 is 115 Å². The van der Waals surface area contributed by atoms with E-state index in [1.165, 1.54) is 0 Å². The zero-order valence-electron chi connectivity index (χ0n) is 24.3. The van der Waals surface area contributed by atoms with Gasteiger partial charge in [-0.15, -0.1) is 0 Å². The molecule has 2 saturated heterocycles. The number of amides is 1. The first-order chi connectivity index (χ1) is 22.4. The van der Waals surface area contributed by atoms with Crippen LogP contribution in [0.5, 0.6) is 0 Å². The molecule has 47 heavy (non-hydrogen) atoms. The minimum Gasteiger partial charge on any atom is -0.394 e. The molecule has 1 aromatic rings. The first-order valence-corrected chi connectivity index (χ1v) is 13.9. The highest BCUT2D eigenvalue weighted by molar-refractivity contribution is 5.95. The molecule has 2 aliphatic rings. The van der Waals surface area contributed by atoms with Crippen LogP contribution in [-0.2, 0) is 28.4 Å². The number of hydrogen-bond donors (Lipinski definition) is 8. The van der Waals surface area contributed by atoms with Gasteiger partial charge in [-0.25, -0.2) is 17.6 Å². The van der Waals surface area contributed by atoms with Crippen LogP contribution in [0.25, 0.3) is 10.4 Å². The molecule has 8 N–H and O–H groups in total. The van der Waals surface area contributed by atoms with Crippen molar-refractivity contribution in [3.8, 4) is 0 Å². The molecule has 2 aliphatic heterocycles. The smallest absolute Gasteiger partial charge is 0.257 e. The number of nitrogens with zero attached hydrogens (tertiary/aromatic N) is 3. The number of carbonyl (C=O) groups excluding carboxylic acids is 1. The second-order valence-electron chi connectivity index (χ2n) is 10.0. The second-order valence-corrected chi connectivity index (χ2v) is 10.0. The van der Waals surface area contributed by atoms with E-state index in [4.69, 9.17) is 34.0 Å². The van der Waals surface area contributed by atoms with Crippen molar-refractivity contribution >= 4 is 11.6 Å². The summed E-state index contributed by atoms with van der Waals surface area (Å²) in [4.78, 5) is 14.1. The van der Waals surface area contributed by atoms with Gasteiger partial charge in [0.15, 0.2) is 35.8 Å². The molecule has 0 aliphatic carbocycles. The van der Waals surface area contributed by atoms with Crippen LogP contribution in [0.15, 0.2) is 5.11 Å². The van der Waals surface area contributed by atoms with Crippen LogP contribution in [0.1, 0.15) is 10.4 Å². The topological polar surface area (TPSA) is 275 Å². The summed E-state index contributed by atoms with van der Waals surface area (Å²) in [5.74, 6) is -9.66. The molecular weight excluding hydrogens is 656 g/mol. The van der Waals surface area contributed by atoms with E-state index in [1.54, 1.807) is 0 Å². The molecule has 1 aromatic carbocycles. The number of carbonyl (C=O) groups is 1. The van der Waals surface area contributed by atoms with Gasteiger partial charge >= 0.3 is 0 Å². The van der Waals surface area contributed by atoms with Crippen LogP contribution in [0.2, 0.25) is 0 Å². The van der Waals surface area contributed by atoms with Crippen LogP contribution in [0.4, 0.5) is 23.2 Å². The average molecular weight is 691 g/mol. The third kappa shape index (κ3) is 9.22. The fourth-order valence-corrected chi connectivity index (χ4v) is 4.52. The van der Waals surface area contributed by atoms with Gasteiger partial charge in [0.1, 0.15) is 60.1 Å². The Morgan fingerprint density at radius 1 is 0.766 bits per heavy atom. The average Bonchev–Trinajstić information content (AvgIpc) is 3.06. The van der Waals surface area contributed by atoms with Crippen molar-refractivity contribution in [3.05, 3.63) is 39.3 Å². The van der Waals surface area contributed by atoms with Crippen molar-refractivity contribution in [2.75, 3.05) is 52.8 Å². The fourth-order valence-electron chi connectivity index (χ4n) is 4.52. The van der Waals surface area contributed by atoms with E-state index in [-0.39, 0.29) is 39.6 Å². The van der Waals surface area contributed by atoms with Gasteiger partial charge in [0.2, 0.25) is 0 Å². The Labute approximate surface area is 262 Å². The third-order valence-corrected chi connectivity index (χ3v) is 6.99. The van der Waals surface area contributed by atoms with E-state index in [0.717, 1.165) is 0 Å². The highest BCUT2D eigenvalue weighted by atomic mass is 19.2. The summed E-state index contributed by atoms with van der Waals surface area (Å²) in [6.45, 7) is -2.36. The van der Waals surface area contributed by atoms with Crippen molar-refractivity contribution in [1.82, 2.24) is 5.32 Å². The van der Waals surface area contributed by atoms with E-state index in [1.807, 2.05) is 5.32 Å². The lowest BCUT2D eigenvalue weighted by molar-refractivity contribution is -0.359. The summed E-state index contributed by atoms with van der Waals surface area (Å²) in [7, 11) is 0. The summed E-state index contributed by atoms with van der Waals surface area (Å²) in [6, 6.07) is 0. The number of benzene rings is 1. The first-order valence-electron chi connectivity index (χ1n) is 13.9. The predicted octanol–water partition coefficient (Wildman–Crippen LogP) is -2.41. The predicted molar refractivity (Wildman–Crippen MR) is 141 cm³/mol. The molecule has 2 heterocycles. The second kappa shape index (κ2) is 18.1. The van der Waals surface area contributed by atoms with Crippen molar-refractivity contribution in [2.24, 2.45) is 5.11 Å². The van der Waals surface area contributed by atoms with E-state index in [9.17, 15) is 58.1 Å². The summed E-state index contributed by atoms with van der Waals surface area (Å²) in [6.07, 6.45) is -16.0. The zero-order valence-corrected chi connectivity index (χ0v) is 24.3. The van der Waals surface area contributed by atoms with Crippen LogP contribution < -0.4 is 5.32 Å². The number of aliphatic hydroxyl groups excluding tert-OH is 7. The minimum atomic E-state index is -2.05. The molecule has 266 valence electrons. The molecule has 0 spiro atoms. The molecule has 1 amide bonds. The monoisotopic (exact) mass is 690 g/mol. The van der Waals surface area contributed by atoms with E-state index >= 15 is 0 Å². The van der Waals surface area contributed by atoms with Gasteiger partial charge < -0.3 is 69.5 Å². The van der Waals surface area contributed by atoms with Gasteiger partial charge in [-0.2, -0.15) is 0 Å². The van der Waals surface area contributed by atoms with Crippen LogP contribution >= 0.6 is 0 Å². The molecule has 18 nitrogen and oxygen atoms in total. The molecule has 4 unspecified atom stereocenters. The Morgan fingerprint density at radius 3 is 1.91 bits per heavy atom. The number of rotatable bonds is 16. The molecule has 0 aromatic heterocycles. The Balaban J connectivity index is 1.35. The molecule has 0 saturated carbocycles. The number of nitrogens with one attached hydrogen (secondary N) is 1. The highest BCUT2D eigenvalue weighted by Crippen LogP contribution is 2.31. The van der Waals surface area contributed by atoms with Crippen LogP contribution in [0.3, 0.4) is 0 Å². The van der Waals surface area contributed by atoms with Crippen LogP contribution in [0, 0.1) is 23.3 Å². The summed E-state index contributed by atoms with van der Waals surface area (Å²) < 4.78 is 87.7.